The van der Waals surface area contributed by atoms with E-state index in [2.05, 4.69) is 5.32 Å². The third kappa shape index (κ3) is 7.36. The van der Waals surface area contributed by atoms with Gasteiger partial charge in [-0.1, -0.05) is 71.8 Å². The predicted octanol–water partition coefficient (Wildman–Crippen LogP) is 5.18. The first-order valence-corrected chi connectivity index (χ1v) is 14.1. The molecule has 0 unspecified atom stereocenters. The van der Waals surface area contributed by atoms with Crippen LogP contribution in [0.5, 0.6) is 0 Å². The summed E-state index contributed by atoms with van der Waals surface area (Å²) in [4.78, 5) is 28.4. The van der Waals surface area contributed by atoms with Gasteiger partial charge in [0.15, 0.2) is 0 Å². The van der Waals surface area contributed by atoms with Crippen molar-refractivity contribution in [1.29, 1.82) is 0 Å². The molecule has 1 N–H and O–H groups in total. The molecular formula is C29H34ClN3O4S. The molecular weight excluding hydrogens is 522 g/mol. The van der Waals surface area contributed by atoms with Crippen molar-refractivity contribution < 1.29 is 18.0 Å². The third-order valence-electron chi connectivity index (χ3n) is 5.87. The van der Waals surface area contributed by atoms with Crippen LogP contribution in [0.15, 0.2) is 83.8 Å². The van der Waals surface area contributed by atoms with Gasteiger partial charge in [0, 0.05) is 12.1 Å². The van der Waals surface area contributed by atoms with E-state index in [-0.39, 0.29) is 28.1 Å². The van der Waals surface area contributed by atoms with Gasteiger partial charge >= 0.3 is 0 Å². The fourth-order valence-corrected chi connectivity index (χ4v) is 5.56. The highest BCUT2D eigenvalue weighted by atomic mass is 35.5. The van der Waals surface area contributed by atoms with Gasteiger partial charge in [-0.2, -0.15) is 0 Å². The topological polar surface area (TPSA) is 86.8 Å². The number of amides is 2. The van der Waals surface area contributed by atoms with E-state index in [9.17, 15) is 18.0 Å². The van der Waals surface area contributed by atoms with Crippen LogP contribution in [0.1, 0.15) is 38.8 Å². The Kier molecular flexibility index (Phi) is 9.22. The van der Waals surface area contributed by atoms with E-state index >= 15 is 0 Å². The number of nitrogens with zero attached hydrogens (tertiary/aromatic N) is 2. The monoisotopic (exact) mass is 555 g/mol. The van der Waals surface area contributed by atoms with E-state index < -0.39 is 34.1 Å². The highest BCUT2D eigenvalue weighted by Crippen LogP contribution is 2.31. The molecule has 7 nitrogen and oxygen atoms in total. The summed E-state index contributed by atoms with van der Waals surface area (Å²) in [5, 5.41) is 3.09. The molecule has 3 aromatic carbocycles. The molecule has 3 rings (SSSR count). The Bertz CT molecular complexity index is 1370. The smallest absolute Gasteiger partial charge is 0.264 e. The van der Waals surface area contributed by atoms with Crippen LogP contribution in [0.2, 0.25) is 5.02 Å². The summed E-state index contributed by atoms with van der Waals surface area (Å²) in [5.74, 6) is -0.881. The first kappa shape index (κ1) is 29.2. The number of rotatable bonds is 9. The van der Waals surface area contributed by atoms with Gasteiger partial charge < -0.3 is 10.2 Å². The molecule has 0 heterocycles. The zero-order chi connectivity index (χ0) is 28.1. The Hall–Kier alpha value is -3.36. The average molecular weight is 556 g/mol. The van der Waals surface area contributed by atoms with Crippen molar-refractivity contribution in [3.63, 3.8) is 0 Å². The van der Waals surface area contributed by atoms with E-state index in [0.717, 1.165) is 15.4 Å². The second-order valence-corrected chi connectivity index (χ2v) is 12.5. The molecule has 38 heavy (non-hydrogen) atoms. The number of halogens is 1. The van der Waals surface area contributed by atoms with Gasteiger partial charge in [0.25, 0.3) is 10.0 Å². The predicted molar refractivity (Wildman–Crippen MR) is 152 cm³/mol. The van der Waals surface area contributed by atoms with Crippen molar-refractivity contribution in [3.05, 3.63) is 95.0 Å². The maximum Gasteiger partial charge on any atom is 0.264 e. The fourth-order valence-electron chi connectivity index (χ4n) is 3.84. The Morgan fingerprint density at radius 3 is 2.08 bits per heavy atom. The first-order chi connectivity index (χ1) is 17.8. The number of hydrogen-bond acceptors (Lipinski definition) is 4. The molecule has 0 aliphatic carbocycles. The van der Waals surface area contributed by atoms with Crippen LogP contribution in [0, 0.1) is 6.92 Å². The molecule has 0 saturated carbocycles. The van der Waals surface area contributed by atoms with Crippen molar-refractivity contribution in [1.82, 2.24) is 10.2 Å². The van der Waals surface area contributed by atoms with Gasteiger partial charge in [0.2, 0.25) is 11.8 Å². The van der Waals surface area contributed by atoms with E-state index in [1.807, 2.05) is 58.0 Å². The number of benzene rings is 3. The fraction of sp³-hybridized carbons (Fsp3) is 0.310. The molecule has 3 aromatic rings. The van der Waals surface area contributed by atoms with Gasteiger partial charge in [-0.05, 0) is 64.4 Å². The minimum Gasteiger partial charge on any atom is -0.350 e. The number of sulfonamides is 1. The second kappa shape index (κ2) is 12.0. The molecule has 0 aromatic heterocycles. The second-order valence-electron chi connectivity index (χ2n) is 10.2. The molecule has 0 saturated heterocycles. The van der Waals surface area contributed by atoms with Gasteiger partial charge in [-0.3, -0.25) is 13.9 Å². The number of hydrogen-bond donors (Lipinski definition) is 1. The maximum atomic E-state index is 13.9. The van der Waals surface area contributed by atoms with Crippen molar-refractivity contribution >= 4 is 39.1 Å². The summed E-state index contributed by atoms with van der Waals surface area (Å²) in [6.45, 7) is 8.64. The maximum absolute atomic E-state index is 13.9. The van der Waals surface area contributed by atoms with E-state index in [4.69, 9.17) is 11.6 Å². The largest absolute Gasteiger partial charge is 0.350 e. The quantitative estimate of drug-likeness (QED) is 0.394. The van der Waals surface area contributed by atoms with Crippen LogP contribution in [0.3, 0.4) is 0 Å². The van der Waals surface area contributed by atoms with Crippen molar-refractivity contribution in [2.45, 2.75) is 57.6 Å². The minimum absolute atomic E-state index is 0.0314. The Labute approximate surface area is 230 Å². The summed E-state index contributed by atoms with van der Waals surface area (Å²) in [7, 11) is -4.17. The number of carbonyl (C=O) groups excluding carboxylic acids is 2. The number of nitrogens with one attached hydrogen (secondary N) is 1. The van der Waals surface area contributed by atoms with Crippen LogP contribution in [-0.2, 0) is 26.2 Å². The Balaban J connectivity index is 2.04. The van der Waals surface area contributed by atoms with Crippen LogP contribution in [0.25, 0.3) is 0 Å². The molecule has 0 bridgehead atoms. The molecule has 2 amide bonds. The average Bonchev–Trinajstić information content (AvgIpc) is 2.85. The molecule has 0 aliphatic heterocycles. The van der Waals surface area contributed by atoms with Gasteiger partial charge in [-0.15, -0.1) is 0 Å². The van der Waals surface area contributed by atoms with Crippen LogP contribution in [0.4, 0.5) is 5.69 Å². The highest BCUT2D eigenvalue weighted by Gasteiger charge is 2.34. The normalized spacial score (nSPS) is 12.5. The zero-order valence-corrected chi connectivity index (χ0v) is 23.9. The van der Waals surface area contributed by atoms with Crippen molar-refractivity contribution in [3.8, 4) is 0 Å². The third-order valence-corrected chi connectivity index (χ3v) is 7.96. The molecule has 1 atom stereocenters. The lowest BCUT2D eigenvalue weighted by molar-refractivity contribution is -0.140. The summed E-state index contributed by atoms with van der Waals surface area (Å²) in [6, 6.07) is 21.2. The number of carbonyl (C=O) groups is 2. The lowest BCUT2D eigenvalue weighted by atomic mass is 10.1. The number of aryl methyl sites for hydroxylation is 1. The van der Waals surface area contributed by atoms with E-state index in [1.165, 1.54) is 17.0 Å². The highest BCUT2D eigenvalue weighted by molar-refractivity contribution is 7.92. The molecule has 0 aliphatic rings. The molecule has 9 heteroatoms. The standard InChI is InChI=1S/C29H34ClN3O4S/c1-21-15-17-24(18-16-21)38(36,37)33(26-14-10-9-13-25(26)30)20-27(34)32(19-23-11-7-6-8-12-23)22(2)28(35)31-29(3,4)5/h6-18,22H,19-20H2,1-5H3,(H,31,35)/t22-/m1/s1. The Morgan fingerprint density at radius 1 is 0.921 bits per heavy atom. The van der Waals surface area contributed by atoms with Crippen LogP contribution < -0.4 is 9.62 Å². The van der Waals surface area contributed by atoms with Crippen LogP contribution >= 0.6 is 11.6 Å². The number of para-hydroxylation sites is 1. The Morgan fingerprint density at radius 2 is 1.50 bits per heavy atom. The number of anilines is 1. The molecule has 0 fully saturated rings. The molecule has 0 spiro atoms. The SMILES string of the molecule is Cc1ccc(S(=O)(=O)N(CC(=O)N(Cc2ccccc2)[C@H](C)C(=O)NC(C)(C)C)c2ccccc2Cl)cc1. The summed E-state index contributed by atoms with van der Waals surface area (Å²) in [5.41, 5.74) is 1.37. The van der Waals surface area contributed by atoms with E-state index in [0.29, 0.717) is 0 Å². The van der Waals surface area contributed by atoms with Crippen molar-refractivity contribution in [2.24, 2.45) is 0 Å². The first-order valence-electron chi connectivity index (χ1n) is 12.3. The van der Waals surface area contributed by atoms with Crippen molar-refractivity contribution in [2.75, 3.05) is 10.8 Å². The summed E-state index contributed by atoms with van der Waals surface area (Å²) < 4.78 is 28.7. The summed E-state index contributed by atoms with van der Waals surface area (Å²) >= 11 is 6.42. The molecule has 202 valence electrons. The zero-order valence-electron chi connectivity index (χ0n) is 22.3. The van der Waals surface area contributed by atoms with Gasteiger partial charge in [0.1, 0.15) is 12.6 Å². The van der Waals surface area contributed by atoms with Gasteiger partial charge in [0.05, 0.1) is 15.6 Å². The molecule has 0 radical (unpaired) electrons. The van der Waals surface area contributed by atoms with Gasteiger partial charge in [-0.25, -0.2) is 8.42 Å². The van der Waals surface area contributed by atoms with E-state index in [1.54, 1.807) is 43.3 Å². The van der Waals surface area contributed by atoms with Crippen LogP contribution in [-0.4, -0.2) is 43.3 Å². The minimum atomic E-state index is -4.17. The lowest BCUT2D eigenvalue weighted by Gasteiger charge is -2.33. The lowest BCUT2D eigenvalue weighted by Crippen LogP contribution is -2.54. The summed E-state index contributed by atoms with van der Waals surface area (Å²) in [6.07, 6.45) is 0.